The third kappa shape index (κ3) is 3.48. The van der Waals surface area contributed by atoms with Gasteiger partial charge in [-0.05, 0) is 24.1 Å². The van der Waals surface area contributed by atoms with Gasteiger partial charge in [-0.3, -0.25) is 4.90 Å². The summed E-state index contributed by atoms with van der Waals surface area (Å²) < 4.78 is 5.31. The van der Waals surface area contributed by atoms with Crippen LogP contribution in [0.3, 0.4) is 0 Å². The quantitative estimate of drug-likeness (QED) is 0.792. The first-order chi connectivity index (χ1) is 8.28. The first kappa shape index (κ1) is 12.0. The highest BCUT2D eigenvalue weighted by Crippen LogP contribution is 2.16. The summed E-state index contributed by atoms with van der Waals surface area (Å²) in [6, 6.07) is 7.94. The predicted molar refractivity (Wildman–Crippen MR) is 66.7 cm³/mol. The Hall–Kier alpha value is -1.50. The van der Waals surface area contributed by atoms with Crippen molar-refractivity contribution < 1.29 is 9.84 Å². The first-order valence-corrected chi connectivity index (χ1v) is 5.83. The fourth-order valence-corrected chi connectivity index (χ4v) is 2.03. The lowest BCUT2D eigenvalue weighted by Crippen LogP contribution is -2.21. The van der Waals surface area contributed by atoms with E-state index in [4.69, 9.17) is 11.2 Å². The van der Waals surface area contributed by atoms with Crippen LogP contribution in [0.1, 0.15) is 12.0 Å². The van der Waals surface area contributed by atoms with E-state index in [1.807, 2.05) is 24.3 Å². The van der Waals surface area contributed by atoms with Crippen LogP contribution >= 0.6 is 0 Å². The Bertz CT molecular complexity index is 394. The summed E-state index contributed by atoms with van der Waals surface area (Å²) in [7, 11) is 0. The minimum absolute atomic E-state index is 0.159. The number of ether oxygens (including phenoxy) is 1. The molecular formula is C14H17NO2. The van der Waals surface area contributed by atoms with Crippen LogP contribution < -0.4 is 4.74 Å². The molecule has 3 nitrogen and oxygen atoms in total. The number of rotatable bonds is 4. The Morgan fingerprint density at radius 2 is 2.18 bits per heavy atom. The molecule has 1 saturated heterocycles. The minimum Gasteiger partial charge on any atom is -0.481 e. The molecule has 0 aliphatic carbocycles. The summed E-state index contributed by atoms with van der Waals surface area (Å²) in [4.78, 5) is 2.25. The number of hydrogen-bond acceptors (Lipinski definition) is 3. The van der Waals surface area contributed by atoms with Crippen LogP contribution in [0.25, 0.3) is 0 Å². The van der Waals surface area contributed by atoms with Crippen molar-refractivity contribution in [2.45, 2.75) is 19.1 Å². The molecule has 1 aromatic rings. The van der Waals surface area contributed by atoms with Gasteiger partial charge in [-0.2, -0.15) is 0 Å². The van der Waals surface area contributed by atoms with Crippen molar-refractivity contribution in [2.24, 2.45) is 0 Å². The molecule has 1 aliphatic rings. The zero-order chi connectivity index (χ0) is 12.1. The molecule has 0 aromatic heterocycles. The molecule has 90 valence electrons. The van der Waals surface area contributed by atoms with Crippen molar-refractivity contribution in [3.05, 3.63) is 29.8 Å². The van der Waals surface area contributed by atoms with Crippen molar-refractivity contribution in [1.82, 2.24) is 4.90 Å². The number of nitrogens with zero attached hydrogens (tertiary/aromatic N) is 1. The Labute approximate surface area is 102 Å². The molecule has 0 unspecified atom stereocenters. The van der Waals surface area contributed by atoms with Gasteiger partial charge in [0.2, 0.25) is 0 Å². The Kier molecular flexibility index (Phi) is 4.03. The monoisotopic (exact) mass is 231 g/mol. The second-order valence-electron chi connectivity index (χ2n) is 4.31. The number of aliphatic hydroxyl groups is 1. The van der Waals surface area contributed by atoms with Crippen molar-refractivity contribution in [1.29, 1.82) is 0 Å². The molecule has 0 spiro atoms. The summed E-state index contributed by atoms with van der Waals surface area (Å²) in [5.74, 6) is 3.24. The van der Waals surface area contributed by atoms with E-state index < -0.39 is 0 Å². The Balaban J connectivity index is 1.87. The van der Waals surface area contributed by atoms with E-state index in [1.165, 1.54) is 5.56 Å². The van der Waals surface area contributed by atoms with Crippen LogP contribution in [0.5, 0.6) is 5.75 Å². The lowest BCUT2D eigenvalue weighted by atomic mass is 10.2. The maximum absolute atomic E-state index is 9.44. The second-order valence-corrected chi connectivity index (χ2v) is 4.31. The van der Waals surface area contributed by atoms with Crippen molar-refractivity contribution in [3.63, 3.8) is 0 Å². The van der Waals surface area contributed by atoms with Gasteiger partial charge in [0.1, 0.15) is 12.4 Å². The molecule has 2 rings (SSSR count). The molecule has 1 heterocycles. The van der Waals surface area contributed by atoms with Crippen molar-refractivity contribution >= 4 is 0 Å². The van der Waals surface area contributed by atoms with Crippen LogP contribution in [-0.2, 0) is 6.54 Å². The molecule has 1 aromatic carbocycles. The van der Waals surface area contributed by atoms with Crippen molar-refractivity contribution in [3.8, 4) is 18.1 Å². The molecule has 0 bridgehead atoms. The summed E-state index contributed by atoms with van der Waals surface area (Å²) >= 11 is 0. The van der Waals surface area contributed by atoms with Gasteiger partial charge in [-0.15, -0.1) is 6.42 Å². The Morgan fingerprint density at radius 3 is 2.76 bits per heavy atom. The number of β-amino-alcohol motifs (C(OH)–C–C–N with tert-alkyl or cyclic N) is 1. The summed E-state index contributed by atoms with van der Waals surface area (Å²) in [5.41, 5.74) is 1.23. The number of terminal acetylenes is 1. The highest BCUT2D eigenvalue weighted by atomic mass is 16.5. The number of hydrogen-bond donors (Lipinski definition) is 1. The van der Waals surface area contributed by atoms with Gasteiger partial charge in [0.15, 0.2) is 0 Å². The van der Waals surface area contributed by atoms with Gasteiger partial charge in [0, 0.05) is 19.6 Å². The van der Waals surface area contributed by atoms with Crippen LogP contribution in [0, 0.1) is 12.3 Å². The van der Waals surface area contributed by atoms with E-state index in [2.05, 4.69) is 10.8 Å². The standard InChI is InChI=1S/C14H17NO2/c1-2-9-17-14-5-3-12(4-6-14)10-15-8-7-13(16)11-15/h1,3-6,13,16H,7-11H2/t13-/m1/s1. The summed E-state index contributed by atoms with van der Waals surface area (Å²) in [6.45, 7) is 2.93. The average molecular weight is 231 g/mol. The predicted octanol–water partition coefficient (Wildman–Crippen LogP) is 1.27. The fraction of sp³-hybridized carbons (Fsp3) is 0.429. The van der Waals surface area contributed by atoms with Crippen LogP contribution in [-0.4, -0.2) is 35.8 Å². The smallest absolute Gasteiger partial charge is 0.148 e. The molecule has 1 aliphatic heterocycles. The van der Waals surface area contributed by atoms with Crippen LogP contribution in [0.15, 0.2) is 24.3 Å². The lowest BCUT2D eigenvalue weighted by molar-refractivity contribution is 0.175. The van der Waals surface area contributed by atoms with E-state index in [0.29, 0.717) is 6.61 Å². The minimum atomic E-state index is -0.159. The average Bonchev–Trinajstić information content (AvgIpc) is 2.74. The molecule has 0 saturated carbocycles. The summed E-state index contributed by atoms with van der Waals surface area (Å²) in [5, 5.41) is 9.44. The van der Waals surface area contributed by atoms with E-state index >= 15 is 0 Å². The highest BCUT2D eigenvalue weighted by molar-refractivity contribution is 5.27. The molecule has 1 fully saturated rings. The van der Waals surface area contributed by atoms with E-state index in [0.717, 1.165) is 31.8 Å². The topological polar surface area (TPSA) is 32.7 Å². The fourth-order valence-electron chi connectivity index (χ4n) is 2.03. The summed E-state index contributed by atoms with van der Waals surface area (Å²) in [6.07, 6.45) is 5.84. The van der Waals surface area contributed by atoms with Gasteiger partial charge in [-0.1, -0.05) is 18.1 Å². The Morgan fingerprint density at radius 1 is 1.41 bits per heavy atom. The number of aliphatic hydroxyl groups excluding tert-OH is 1. The number of likely N-dealkylation sites (tertiary alicyclic amines) is 1. The normalized spacial score (nSPS) is 20.1. The van der Waals surface area contributed by atoms with Crippen LogP contribution in [0.2, 0.25) is 0 Å². The maximum Gasteiger partial charge on any atom is 0.148 e. The number of benzene rings is 1. The van der Waals surface area contributed by atoms with Crippen molar-refractivity contribution in [2.75, 3.05) is 19.7 Å². The molecule has 0 radical (unpaired) electrons. The maximum atomic E-state index is 9.44. The lowest BCUT2D eigenvalue weighted by Gasteiger charge is -2.15. The molecule has 1 N–H and O–H groups in total. The molecular weight excluding hydrogens is 214 g/mol. The largest absolute Gasteiger partial charge is 0.481 e. The first-order valence-electron chi connectivity index (χ1n) is 5.83. The molecule has 1 atom stereocenters. The van der Waals surface area contributed by atoms with Gasteiger partial charge in [-0.25, -0.2) is 0 Å². The SMILES string of the molecule is C#CCOc1ccc(CN2CC[C@@H](O)C2)cc1. The van der Waals surface area contributed by atoms with Gasteiger partial charge < -0.3 is 9.84 Å². The van der Waals surface area contributed by atoms with Gasteiger partial charge in [0.25, 0.3) is 0 Å². The molecule has 17 heavy (non-hydrogen) atoms. The van der Waals surface area contributed by atoms with Gasteiger partial charge >= 0.3 is 0 Å². The zero-order valence-electron chi connectivity index (χ0n) is 9.80. The van der Waals surface area contributed by atoms with E-state index in [1.54, 1.807) is 0 Å². The van der Waals surface area contributed by atoms with E-state index in [9.17, 15) is 5.11 Å². The zero-order valence-corrected chi connectivity index (χ0v) is 9.80. The van der Waals surface area contributed by atoms with Crippen LogP contribution in [0.4, 0.5) is 0 Å². The van der Waals surface area contributed by atoms with E-state index in [-0.39, 0.29) is 6.10 Å². The highest BCUT2D eigenvalue weighted by Gasteiger charge is 2.19. The molecule has 0 amide bonds. The third-order valence-electron chi connectivity index (χ3n) is 2.90. The molecule has 3 heteroatoms. The van der Waals surface area contributed by atoms with Gasteiger partial charge in [0.05, 0.1) is 6.10 Å². The second kappa shape index (κ2) is 5.72. The third-order valence-corrected chi connectivity index (χ3v) is 2.90.